The lowest BCUT2D eigenvalue weighted by Crippen LogP contribution is -2.02. The first-order chi connectivity index (χ1) is 9.79. The van der Waals surface area contributed by atoms with Gasteiger partial charge < -0.3 is 9.84 Å². The SMILES string of the molecule is COc1ccccc1C(O)c1ccc2cccnc2c1. The fraction of sp³-hybridized carbons (Fsp3) is 0.118. The van der Waals surface area contributed by atoms with Gasteiger partial charge in [-0.3, -0.25) is 4.98 Å². The van der Waals surface area contributed by atoms with Crippen molar-refractivity contribution in [3.63, 3.8) is 0 Å². The van der Waals surface area contributed by atoms with Gasteiger partial charge in [-0.1, -0.05) is 36.4 Å². The van der Waals surface area contributed by atoms with Crippen molar-refractivity contribution in [3.8, 4) is 5.75 Å². The first-order valence-electron chi connectivity index (χ1n) is 6.45. The third-order valence-corrected chi connectivity index (χ3v) is 3.38. The molecule has 0 saturated carbocycles. The Morgan fingerprint density at radius 3 is 2.75 bits per heavy atom. The van der Waals surface area contributed by atoms with E-state index in [1.54, 1.807) is 13.3 Å². The predicted octanol–water partition coefficient (Wildman–Crippen LogP) is 3.33. The van der Waals surface area contributed by atoms with Crippen molar-refractivity contribution in [2.24, 2.45) is 0 Å². The van der Waals surface area contributed by atoms with Crippen molar-refractivity contribution in [2.75, 3.05) is 7.11 Å². The number of hydrogen-bond acceptors (Lipinski definition) is 3. The number of nitrogens with zero attached hydrogens (tertiary/aromatic N) is 1. The Labute approximate surface area is 117 Å². The molecular weight excluding hydrogens is 250 g/mol. The molecule has 3 heteroatoms. The second kappa shape index (κ2) is 5.31. The topological polar surface area (TPSA) is 42.4 Å². The average molecular weight is 265 g/mol. The summed E-state index contributed by atoms with van der Waals surface area (Å²) < 4.78 is 5.30. The van der Waals surface area contributed by atoms with Crippen LogP contribution in [-0.4, -0.2) is 17.2 Å². The Balaban J connectivity index is 2.05. The van der Waals surface area contributed by atoms with Crippen LogP contribution in [0.2, 0.25) is 0 Å². The van der Waals surface area contributed by atoms with Gasteiger partial charge in [-0.2, -0.15) is 0 Å². The molecular formula is C17H15NO2. The Kier molecular flexibility index (Phi) is 3.35. The molecule has 0 fully saturated rings. The molecule has 0 saturated heterocycles. The van der Waals surface area contributed by atoms with Crippen molar-refractivity contribution < 1.29 is 9.84 Å². The molecule has 0 amide bonds. The number of aliphatic hydroxyl groups excluding tert-OH is 1. The number of aromatic nitrogens is 1. The Morgan fingerprint density at radius 1 is 1.05 bits per heavy atom. The molecule has 1 unspecified atom stereocenters. The summed E-state index contributed by atoms with van der Waals surface area (Å²) in [7, 11) is 1.60. The molecule has 20 heavy (non-hydrogen) atoms. The summed E-state index contributed by atoms with van der Waals surface area (Å²) in [6.45, 7) is 0. The van der Waals surface area contributed by atoms with E-state index < -0.39 is 6.10 Å². The van der Waals surface area contributed by atoms with E-state index in [-0.39, 0.29) is 0 Å². The molecule has 100 valence electrons. The standard InChI is InChI=1S/C17H15NO2/c1-20-16-7-3-2-6-14(16)17(19)13-9-8-12-5-4-10-18-15(12)11-13/h2-11,17,19H,1H3. The molecule has 1 atom stereocenters. The molecule has 0 spiro atoms. The van der Waals surface area contributed by atoms with Gasteiger partial charge in [-0.05, 0) is 23.8 Å². The van der Waals surface area contributed by atoms with Gasteiger partial charge >= 0.3 is 0 Å². The fourth-order valence-electron chi connectivity index (χ4n) is 2.33. The van der Waals surface area contributed by atoms with Crippen LogP contribution < -0.4 is 4.74 Å². The lowest BCUT2D eigenvalue weighted by Gasteiger charge is -2.15. The van der Waals surface area contributed by atoms with Crippen LogP contribution in [0.1, 0.15) is 17.2 Å². The van der Waals surface area contributed by atoms with Gasteiger partial charge in [-0.15, -0.1) is 0 Å². The van der Waals surface area contributed by atoms with Crippen LogP contribution in [0, 0.1) is 0 Å². The van der Waals surface area contributed by atoms with Crippen molar-refractivity contribution in [3.05, 3.63) is 71.9 Å². The van der Waals surface area contributed by atoms with Crippen LogP contribution in [-0.2, 0) is 0 Å². The number of benzene rings is 2. The summed E-state index contributed by atoms with van der Waals surface area (Å²) in [5.41, 5.74) is 2.44. The molecule has 0 aliphatic heterocycles. The Morgan fingerprint density at radius 2 is 1.90 bits per heavy atom. The summed E-state index contributed by atoms with van der Waals surface area (Å²) in [5, 5.41) is 11.6. The van der Waals surface area contributed by atoms with Crippen LogP contribution in [0.15, 0.2) is 60.8 Å². The molecule has 3 aromatic rings. The minimum absolute atomic E-state index is 0.682. The average Bonchev–Trinajstić information content (AvgIpc) is 2.53. The van der Waals surface area contributed by atoms with Gasteiger partial charge in [0.15, 0.2) is 0 Å². The van der Waals surface area contributed by atoms with Gasteiger partial charge in [-0.25, -0.2) is 0 Å². The van der Waals surface area contributed by atoms with Crippen LogP contribution in [0.25, 0.3) is 10.9 Å². The van der Waals surface area contributed by atoms with E-state index in [1.165, 1.54) is 0 Å². The highest BCUT2D eigenvalue weighted by molar-refractivity contribution is 5.79. The quantitative estimate of drug-likeness (QED) is 0.790. The fourth-order valence-corrected chi connectivity index (χ4v) is 2.33. The lowest BCUT2D eigenvalue weighted by molar-refractivity contribution is 0.215. The monoisotopic (exact) mass is 265 g/mol. The normalized spacial score (nSPS) is 12.3. The minimum atomic E-state index is -0.724. The highest BCUT2D eigenvalue weighted by Gasteiger charge is 2.15. The molecule has 0 bridgehead atoms. The summed E-state index contributed by atoms with van der Waals surface area (Å²) in [6, 6.07) is 17.2. The molecule has 0 radical (unpaired) electrons. The van der Waals surface area contributed by atoms with Crippen molar-refractivity contribution >= 4 is 10.9 Å². The summed E-state index contributed by atoms with van der Waals surface area (Å²) >= 11 is 0. The van der Waals surface area contributed by atoms with E-state index in [9.17, 15) is 5.11 Å². The number of hydrogen-bond donors (Lipinski definition) is 1. The first kappa shape index (κ1) is 12.6. The Bertz CT molecular complexity index is 740. The molecule has 3 nitrogen and oxygen atoms in total. The maximum absolute atomic E-state index is 10.6. The second-order valence-corrected chi connectivity index (χ2v) is 4.60. The zero-order valence-electron chi connectivity index (χ0n) is 11.2. The van der Waals surface area contributed by atoms with E-state index in [1.807, 2.05) is 54.6 Å². The third kappa shape index (κ3) is 2.24. The van der Waals surface area contributed by atoms with E-state index >= 15 is 0 Å². The molecule has 1 N–H and O–H groups in total. The van der Waals surface area contributed by atoms with Crippen LogP contribution in [0.3, 0.4) is 0 Å². The van der Waals surface area contributed by atoms with Gasteiger partial charge in [0, 0.05) is 17.1 Å². The first-order valence-corrected chi connectivity index (χ1v) is 6.45. The number of para-hydroxylation sites is 1. The number of ether oxygens (including phenoxy) is 1. The van der Waals surface area contributed by atoms with Gasteiger partial charge in [0.2, 0.25) is 0 Å². The highest BCUT2D eigenvalue weighted by Crippen LogP contribution is 2.30. The summed E-state index contributed by atoms with van der Waals surface area (Å²) in [4.78, 5) is 4.32. The zero-order chi connectivity index (χ0) is 13.9. The summed E-state index contributed by atoms with van der Waals surface area (Å²) in [6.07, 6.45) is 1.03. The predicted molar refractivity (Wildman–Crippen MR) is 78.8 cm³/mol. The van der Waals surface area contributed by atoms with Gasteiger partial charge in [0.25, 0.3) is 0 Å². The van der Waals surface area contributed by atoms with Crippen molar-refractivity contribution in [1.82, 2.24) is 4.98 Å². The van der Waals surface area contributed by atoms with Crippen molar-refractivity contribution in [1.29, 1.82) is 0 Å². The minimum Gasteiger partial charge on any atom is -0.496 e. The maximum Gasteiger partial charge on any atom is 0.125 e. The smallest absolute Gasteiger partial charge is 0.125 e. The molecule has 2 aromatic carbocycles. The number of methoxy groups -OCH3 is 1. The number of fused-ring (bicyclic) bond motifs is 1. The molecule has 1 aromatic heterocycles. The third-order valence-electron chi connectivity index (χ3n) is 3.38. The van der Waals surface area contributed by atoms with E-state index in [2.05, 4.69) is 4.98 Å². The van der Waals surface area contributed by atoms with Gasteiger partial charge in [0.1, 0.15) is 11.9 Å². The zero-order valence-corrected chi connectivity index (χ0v) is 11.2. The van der Waals surface area contributed by atoms with Crippen molar-refractivity contribution in [2.45, 2.75) is 6.10 Å². The molecule has 0 aliphatic rings. The van der Waals surface area contributed by atoms with E-state index in [4.69, 9.17) is 4.74 Å². The maximum atomic E-state index is 10.6. The molecule has 3 rings (SSSR count). The lowest BCUT2D eigenvalue weighted by atomic mass is 9.99. The van der Waals surface area contributed by atoms with E-state index in [0.717, 1.165) is 22.0 Å². The van der Waals surface area contributed by atoms with Crippen LogP contribution >= 0.6 is 0 Å². The number of aliphatic hydroxyl groups is 1. The van der Waals surface area contributed by atoms with Crippen LogP contribution in [0.5, 0.6) is 5.75 Å². The molecule has 1 heterocycles. The van der Waals surface area contributed by atoms with Crippen LogP contribution in [0.4, 0.5) is 0 Å². The number of rotatable bonds is 3. The molecule has 0 aliphatic carbocycles. The van der Waals surface area contributed by atoms with E-state index in [0.29, 0.717) is 5.75 Å². The largest absolute Gasteiger partial charge is 0.496 e. The second-order valence-electron chi connectivity index (χ2n) is 4.60. The van der Waals surface area contributed by atoms with Gasteiger partial charge in [0.05, 0.1) is 12.6 Å². The summed E-state index contributed by atoms with van der Waals surface area (Å²) in [5.74, 6) is 0.682. The Hall–Kier alpha value is -2.39. The number of pyridine rings is 1. The highest BCUT2D eigenvalue weighted by atomic mass is 16.5.